The van der Waals surface area contributed by atoms with Crippen molar-refractivity contribution in [1.82, 2.24) is 4.31 Å². The second kappa shape index (κ2) is 7.32. The average Bonchev–Trinajstić information content (AvgIpc) is 2.61. The predicted molar refractivity (Wildman–Crippen MR) is 93.7 cm³/mol. The van der Waals surface area contributed by atoms with E-state index in [1.807, 2.05) is 0 Å². The van der Waals surface area contributed by atoms with Crippen molar-refractivity contribution in [3.8, 4) is 0 Å². The molecular weight excluding hydrogens is 381 g/mol. The molecule has 2 aromatic carbocycles. The molecule has 1 heterocycles. The van der Waals surface area contributed by atoms with E-state index < -0.39 is 32.4 Å². The Balaban J connectivity index is 1.76. The maximum Gasteiger partial charge on any atom is 0.246 e. The molecule has 3 rings (SSSR count). The van der Waals surface area contributed by atoms with E-state index in [0.29, 0.717) is 6.07 Å². The van der Waals surface area contributed by atoms with Crippen molar-refractivity contribution < 1.29 is 26.4 Å². The first-order chi connectivity index (χ1) is 12.7. The highest BCUT2D eigenvalue weighted by Crippen LogP contribution is 2.25. The summed E-state index contributed by atoms with van der Waals surface area (Å²) in [6.45, 7) is 1.77. The summed E-state index contributed by atoms with van der Waals surface area (Å²) in [5.74, 6) is -2.83. The smallest absolute Gasteiger partial charge is 0.246 e. The number of sulfonamides is 1. The lowest BCUT2D eigenvalue weighted by Crippen LogP contribution is -2.49. The number of piperazine rings is 1. The lowest BCUT2D eigenvalue weighted by molar-refractivity contribution is 0.101. The molecule has 0 N–H and O–H groups in total. The van der Waals surface area contributed by atoms with Crippen LogP contribution in [0.15, 0.2) is 41.3 Å². The normalized spacial score (nSPS) is 15.8. The summed E-state index contributed by atoms with van der Waals surface area (Å²) in [6.07, 6.45) is 0. The van der Waals surface area contributed by atoms with Gasteiger partial charge >= 0.3 is 0 Å². The van der Waals surface area contributed by atoms with E-state index in [1.54, 1.807) is 4.90 Å². The third kappa shape index (κ3) is 3.84. The maximum absolute atomic E-state index is 14.3. The highest BCUT2D eigenvalue weighted by molar-refractivity contribution is 7.89. The molecule has 0 atom stereocenters. The zero-order valence-electron chi connectivity index (χ0n) is 14.5. The fraction of sp³-hybridized carbons (Fsp3) is 0.278. The second-order valence-electron chi connectivity index (χ2n) is 6.19. The molecule has 0 bridgehead atoms. The van der Waals surface area contributed by atoms with Gasteiger partial charge in [0.2, 0.25) is 10.0 Å². The van der Waals surface area contributed by atoms with Crippen LogP contribution in [0.5, 0.6) is 0 Å². The molecule has 1 aliphatic heterocycles. The van der Waals surface area contributed by atoms with Gasteiger partial charge in [-0.3, -0.25) is 4.79 Å². The van der Waals surface area contributed by atoms with E-state index in [4.69, 9.17) is 0 Å². The predicted octanol–water partition coefficient (Wildman–Crippen LogP) is 2.82. The topological polar surface area (TPSA) is 57.7 Å². The molecule has 0 aliphatic carbocycles. The van der Waals surface area contributed by atoms with Crippen LogP contribution >= 0.6 is 0 Å². The van der Waals surface area contributed by atoms with E-state index in [0.717, 1.165) is 22.5 Å². The van der Waals surface area contributed by atoms with Gasteiger partial charge in [-0.15, -0.1) is 0 Å². The second-order valence-corrected chi connectivity index (χ2v) is 8.09. The Hall–Kier alpha value is -2.39. The summed E-state index contributed by atoms with van der Waals surface area (Å²) in [6, 6.07) is 6.45. The Morgan fingerprint density at radius 1 is 0.926 bits per heavy atom. The molecule has 27 heavy (non-hydrogen) atoms. The van der Waals surface area contributed by atoms with Gasteiger partial charge in [0.05, 0.1) is 5.69 Å². The molecule has 0 saturated carbocycles. The summed E-state index contributed by atoms with van der Waals surface area (Å²) in [4.78, 5) is 12.4. The lowest BCUT2D eigenvalue weighted by atomic mass is 10.1. The number of carbonyl (C=O) groups excluding carboxylic acids is 1. The van der Waals surface area contributed by atoms with E-state index in [-0.39, 0.29) is 43.2 Å². The third-order valence-corrected chi connectivity index (χ3v) is 6.38. The molecular formula is C18H17F3N2O3S. The highest BCUT2D eigenvalue weighted by atomic mass is 32.2. The van der Waals surface area contributed by atoms with E-state index in [1.165, 1.54) is 19.1 Å². The molecule has 1 saturated heterocycles. The molecule has 2 aromatic rings. The van der Waals surface area contributed by atoms with E-state index in [9.17, 15) is 26.4 Å². The highest BCUT2D eigenvalue weighted by Gasteiger charge is 2.31. The summed E-state index contributed by atoms with van der Waals surface area (Å²) in [7, 11) is -4.12. The number of rotatable bonds is 4. The van der Waals surface area contributed by atoms with Crippen molar-refractivity contribution in [1.29, 1.82) is 0 Å². The quantitative estimate of drug-likeness (QED) is 0.744. The Morgan fingerprint density at radius 3 is 2.15 bits per heavy atom. The Morgan fingerprint density at radius 2 is 1.59 bits per heavy atom. The van der Waals surface area contributed by atoms with Crippen LogP contribution in [-0.4, -0.2) is 44.7 Å². The van der Waals surface area contributed by atoms with E-state index >= 15 is 0 Å². The average molecular weight is 398 g/mol. The van der Waals surface area contributed by atoms with Crippen molar-refractivity contribution in [3.63, 3.8) is 0 Å². The fourth-order valence-electron chi connectivity index (χ4n) is 2.98. The summed E-state index contributed by atoms with van der Waals surface area (Å²) in [5.41, 5.74) is 0.522. The molecule has 0 aromatic heterocycles. The number of ketones is 1. The first kappa shape index (κ1) is 19.4. The zero-order chi connectivity index (χ0) is 19.8. The minimum atomic E-state index is -4.12. The Bertz CT molecular complexity index is 987. The fourth-order valence-corrected chi connectivity index (χ4v) is 4.44. The number of carbonyl (C=O) groups is 1. The SMILES string of the molecule is CC(=O)c1ccc(N2CCN(S(=O)(=O)c3ccc(F)cc3F)CC2)c(F)c1. The Labute approximate surface area is 155 Å². The van der Waals surface area contributed by atoms with Gasteiger partial charge in [0.15, 0.2) is 5.78 Å². The van der Waals surface area contributed by atoms with Crippen LogP contribution in [0.2, 0.25) is 0 Å². The van der Waals surface area contributed by atoms with Crippen molar-refractivity contribution in [2.75, 3.05) is 31.1 Å². The molecule has 1 fully saturated rings. The van der Waals surface area contributed by atoms with Crippen molar-refractivity contribution >= 4 is 21.5 Å². The van der Waals surface area contributed by atoms with Crippen LogP contribution in [0.4, 0.5) is 18.9 Å². The minimum absolute atomic E-state index is 0.0209. The third-order valence-electron chi connectivity index (χ3n) is 4.45. The first-order valence-electron chi connectivity index (χ1n) is 8.21. The van der Waals surface area contributed by atoms with Gasteiger partial charge in [-0.2, -0.15) is 4.31 Å². The van der Waals surface area contributed by atoms with Gasteiger partial charge in [-0.1, -0.05) is 0 Å². The molecule has 0 spiro atoms. The van der Waals surface area contributed by atoms with Crippen molar-refractivity contribution in [2.24, 2.45) is 0 Å². The van der Waals surface area contributed by atoms with Crippen LogP contribution in [0.1, 0.15) is 17.3 Å². The largest absolute Gasteiger partial charge is 0.367 e. The standard InChI is InChI=1S/C18H17F3N2O3S/c1-12(24)13-2-4-17(15(20)10-13)22-6-8-23(9-7-22)27(25,26)18-5-3-14(19)11-16(18)21/h2-5,10-11H,6-9H2,1H3. The van der Waals surface area contributed by atoms with Crippen LogP contribution in [-0.2, 0) is 10.0 Å². The number of halogens is 3. The van der Waals surface area contributed by atoms with Crippen LogP contribution in [0.3, 0.4) is 0 Å². The first-order valence-corrected chi connectivity index (χ1v) is 9.65. The monoisotopic (exact) mass is 398 g/mol. The number of hydrogen-bond acceptors (Lipinski definition) is 4. The van der Waals surface area contributed by atoms with Gasteiger partial charge in [0, 0.05) is 37.8 Å². The summed E-state index contributed by atoms with van der Waals surface area (Å²) < 4.78 is 67.4. The summed E-state index contributed by atoms with van der Waals surface area (Å²) in [5, 5.41) is 0. The van der Waals surface area contributed by atoms with E-state index in [2.05, 4.69) is 0 Å². The molecule has 0 radical (unpaired) electrons. The van der Waals surface area contributed by atoms with Crippen molar-refractivity contribution in [3.05, 3.63) is 59.4 Å². The molecule has 144 valence electrons. The Kier molecular flexibility index (Phi) is 5.25. The molecule has 5 nitrogen and oxygen atoms in total. The molecule has 0 unspecified atom stereocenters. The number of nitrogens with zero attached hydrogens (tertiary/aromatic N) is 2. The van der Waals surface area contributed by atoms with Gasteiger partial charge in [0.25, 0.3) is 0 Å². The minimum Gasteiger partial charge on any atom is -0.367 e. The van der Waals surface area contributed by atoms with Crippen molar-refractivity contribution in [2.45, 2.75) is 11.8 Å². The van der Waals surface area contributed by atoms with Gasteiger partial charge in [-0.25, -0.2) is 21.6 Å². The van der Waals surface area contributed by atoms with Gasteiger partial charge in [-0.05, 0) is 37.3 Å². The zero-order valence-corrected chi connectivity index (χ0v) is 15.3. The van der Waals surface area contributed by atoms with Gasteiger partial charge in [0.1, 0.15) is 22.3 Å². The number of hydrogen-bond donors (Lipinski definition) is 0. The number of Topliss-reactive ketones (excluding diaryl/α,β-unsaturated/α-hetero) is 1. The number of benzene rings is 2. The molecule has 1 aliphatic rings. The van der Waals surface area contributed by atoms with Gasteiger partial charge < -0.3 is 4.90 Å². The maximum atomic E-state index is 14.3. The van der Waals surface area contributed by atoms with Crippen LogP contribution < -0.4 is 4.90 Å². The van der Waals surface area contributed by atoms with Crippen LogP contribution in [0.25, 0.3) is 0 Å². The molecule has 0 amide bonds. The van der Waals surface area contributed by atoms with Crippen LogP contribution in [0, 0.1) is 17.5 Å². The number of anilines is 1. The molecule has 9 heteroatoms. The summed E-state index contributed by atoms with van der Waals surface area (Å²) >= 11 is 0. The lowest BCUT2D eigenvalue weighted by Gasteiger charge is -2.35.